The van der Waals surface area contributed by atoms with E-state index in [1.165, 1.54) is 24.4 Å². The van der Waals surface area contributed by atoms with E-state index in [0.29, 0.717) is 6.04 Å². The number of hydrogen-bond donors (Lipinski definition) is 0. The number of morpholine rings is 1. The lowest BCUT2D eigenvalue weighted by Gasteiger charge is -2.35. The number of rotatable bonds is 3. The van der Waals surface area contributed by atoms with Gasteiger partial charge in [-0.15, -0.1) is 0 Å². The Kier molecular flexibility index (Phi) is 2.81. The number of nitrogens with zero attached hydrogens (tertiary/aromatic N) is 3. The number of aromatic nitrogens is 2. The third-order valence-corrected chi connectivity index (χ3v) is 4.14. The molecule has 1 saturated heterocycles. The number of ether oxygens (including phenoxy) is 1. The molecule has 1 aromatic rings. The standard InChI is InChI=1S/C11H17N3OS/c1-2-10-12-11(16-13-10)14-5-6-15-7-9(14)8-3-4-8/h8-9H,2-7H2,1H3. The fourth-order valence-electron chi connectivity index (χ4n) is 2.24. The molecule has 0 aromatic carbocycles. The quantitative estimate of drug-likeness (QED) is 0.805. The fraction of sp³-hybridized carbons (Fsp3) is 0.818. The summed E-state index contributed by atoms with van der Waals surface area (Å²) in [4.78, 5) is 7.01. The Morgan fingerprint density at radius 3 is 3.06 bits per heavy atom. The Bertz CT molecular complexity index is 364. The second-order valence-electron chi connectivity index (χ2n) is 4.52. The molecule has 1 atom stereocenters. The van der Waals surface area contributed by atoms with Gasteiger partial charge in [-0.2, -0.15) is 4.37 Å². The lowest BCUT2D eigenvalue weighted by atomic mass is 10.1. The van der Waals surface area contributed by atoms with Crippen LogP contribution in [-0.2, 0) is 11.2 Å². The maximum atomic E-state index is 5.58. The highest BCUT2D eigenvalue weighted by Gasteiger charge is 2.38. The minimum absolute atomic E-state index is 0.548. The van der Waals surface area contributed by atoms with Gasteiger partial charge in [0.2, 0.25) is 5.13 Å². The van der Waals surface area contributed by atoms with Gasteiger partial charge in [0.25, 0.3) is 0 Å². The van der Waals surface area contributed by atoms with E-state index in [1.807, 2.05) is 0 Å². The molecule has 16 heavy (non-hydrogen) atoms. The van der Waals surface area contributed by atoms with Crippen molar-refractivity contribution in [3.8, 4) is 0 Å². The predicted molar refractivity (Wildman–Crippen MR) is 64.0 cm³/mol. The molecule has 1 unspecified atom stereocenters. The van der Waals surface area contributed by atoms with E-state index in [2.05, 4.69) is 21.2 Å². The summed E-state index contributed by atoms with van der Waals surface area (Å²) >= 11 is 1.54. The molecular weight excluding hydrogens is 222 g/mol. The molecule has 0 spiro atoms. The van der Waals surface area contributed by atoms with Crippen molar-refractivity contribution in [3.63, 3.8) is 0 Å². The average Bonchev–Trinajstić information content (AvgIpc) is 3.07. The molecule has 88 valence electrons. The van der Waals surface area contributed by atoms with E-state index < -0.39 is 0 Å². The summed E-state index contributed by atoms with van der Waals surface area (Å²) in [5.41, 5.74) is 0. The van der Waals surface area contributed by atoms with Crippen LogP contribution in [0.25, 0.3) is 0 Å². The molecule has 4 nitrogen and oxygen atoms in total. The van der Waals surface area contributed by atoms with Crippen LogP contribution in [0.1, 0.15) is 25.6 Å². The van der Waals surface area contributed by atoms with Crippen molar-refractivity contribution < 1.29 is 4.74 Å². The smallest absolute Gasteiger partial charge is 0.205 e. The SMILES string of the molecule is CCc1nsc(N2CCOCC2C2CC2)n1. The molecule has 0 N–H and O–H groups in total. The zero-order valence-electron chi connectivity index (χ0n) is 9.56. The van der Waals surface area contributed by atoms with Crippen molar-refractivity contribution in [3.05, 3.63) is 5.82 Å². The minimum Gasteiger partial charge on any atom is -0.377 e. The van der Waals surface area contributed by atoms with Crippen LogP contribution in [-0.4, -0.2) is 35.2 Å². The highest BCUT2D eigenvalue weighted by atomic mass is 32.1. The molecular formula is C11H17N3OS. The van der Waals surface area contributed by atoms with Gasteiger partial charge in [-0.25, -0.2) is 4.98 Å². The second kappa shape index (κ2) is 4.30. The van der Waals surface area contributed by atoms with E-state index in [9.17, 15) is 0 Å². The maximum Gasteiger partial charge on any atom is 0.205 e. The summed E-state index contributed by atoms with van der Waals surface area (Å²) < 4.78 is 9.96. The first-order valence-electron chi connectivity index (χ1n) is 6.05. The van der Waals surface area contributed by atoms with Crippen LogP contribution in [0, 0.1) is 5.92 Å². The summed E-state index contributed by atoms with van der Waals surface area (Å²) in [5, 5.41) is 1.09. The van der Waals surface area contributed by atoms with Crippen LogP contribution in [0.15, 0.2) is 0 Å². The first-order valence-corrected chi connectivity index (χ1v) is 6.83. The molecule has 2 fully saturated rings. The van der Waals surface area contributed by atoms with Crippen molar-refractivity contribution in [2.45, 2.75) is 32.2 Å². The van der Waals surface area contributed by atoms with E-state index in [4.69, 9.17) is 4.74 Å². The molecule has 2 heterocycles. The van der Waals surface area contributed by atoms with Crippen molar-refractivity contribution in [1.82, 2.24) is 9.36 Å². The Morgan fingerprint density at radius 1 is 1.50 bits per heavy atom. The van der Waals surface area contributed by atoms with Crippen LogP contribution in [0.2, 0.25) is 0 Å². The largest absolute Gasteiger partial charge is 0.377 e. The van der Waals surface area contributed by atoms with E-state index in [1.54, 1.807) is 0 Å². The normalized spacial score (nSPS) is 26.1. The summed E-state index contributed by atoms with van der Waals surface area (Å²) in [6.45, 7) is 4.76. The molecule has 1 aliphatic carbocycles. The average molecular weight is 239 g/mol. The topological polar surface area (TPSA) is 38.2 Å². The molecule has 0 amide bonds. The Labute approximate surface area is 99.8 Å². The maximum absolute atomic E-state index is 5.58. The lowest BCUT2D eigenvalue weighted by molar-refractivity contribution is 0.0878. The Morgan fingerprint density at radius 2 is 2.38 bits per heavy atom. The zero-order valence-corrected chi connectivity index (χ0v) is 10.4. The Hall–Kier alpha value is -0.680. The number of anilines is 1. The van der Waals surface area contributed by atoms with Crippen molar-refractivity contribution in [2.24, 2.45) is 5.92 Å². The summed E-state index contributed by atoms with van der Waals surface area (Å²) in [5.74, 6) is 1.80. The zero-order chi connectivity index (χ0) is 11.0. The van der Waals surface area contributed by atoms with Crippen molar-refractivity contribution in [2.75, 3.05) is 24.7 Å². The molecule has 1 aromatic heterocycles. The van der Waals surface area contributed by atoms with Gasteiger partial charge in [0.1, 0.15) is 5.82 Å². The van der Waals surface area contributed by atoms with Gasteiger partial charge in [-0.1, -0.05) is 6.92 Å². The number of aryl methyl sites for hydroxylation is 1. The molecule has 5 heteroatoms. The lowest BCUT2D eigenvalue weighted by Crippen LogP contribution is -2.46. The highest BCUT2D eigenvalue weighted by Crippen LogP contribution is 2.38. The highest BCUT2D eigenvalue weighted by molar-refractivity contribution is 7.09. The summed E-state index contributed by atoms with van der Waals surface area (Å²) in [7, 11) is 0. The van der Waals surface area contributed by atoms with Crippen LogP contribution >= 0.6 is 11.5 Å². The van der Waals surface area contributed by atoms with Gasteiger partial charge in [-0.3, -0.25) is 0 Å². The summed E-state index contributed by atoms with van der Waals surface area (Å²) in [6.07, 6.45) is 3.63. The van der Waals surface area contributed by atoms with Gasteiger partial charge in [0, 0.05) is 24.5 Å². The molecule has 2 aliphatic rings. The second-order valence-corrected chi connectivity index (χ2v) is 5.25. The van der Waals surface area contributed by atoms with Gasteiger partial charge in [-0.05, 0) is 18.8 Å². The van der Waals surface area contributed by atoms with Gasteiger partial charge in [0.05, 0.1) is 19.3 Å². The van der Waals surface area contributed by atoms with Crippen LogP contribution in [0.4, 0.5) is 5.13 Å². The number of hydrogen-bond acceptors (Lipinski definition) is 5. The molecule has 1 aliphatic heterocycles. The minimum atomic E-state index is 0.548. The molecule has 0 radical (unpaired) electrons. The van der Waals surface area contributed by atoms with Gasteiger partial charge in [0.15, 0.2) is 0 Å². The van der Waals surface area contributed by atoms with Crippen molar-refractivity contribution in [1.29, 1.82) is 0 Å². The Balaban J connectivity index is 1.79. The van der Waals surface area contributed by atoms with Crippen molar-refractivity contribution >= 4 is 16.7 Å². The third kappa shape index (κ3) is 1.94. The molecule has 1 saturated carbocycles. The van der Waals surface area contributed by atoms with E-state index in [-0.39, 0.29) is 0 Å². The predicted octanol–water partition coefficient (Wildman–Crippen LogP) is 1.72. The first kappa shape index (κ1) is 10.5. The van der Waals surface area contributed by atoms with Gasteiger partial charge < -0.3 is 9.64 Å². The first-order chi connectivity index (χ1) is 7.88. The third-order valence-electron chi connectivity index (χ3n) is 3.35. The van der Waals surface area contributed by atoms with Crippen LogP contribution in [0.3, 0.4) is 0 Å². The molecule has 0 bridgehead atoms. The van der Waals surface area contributed by atoms with E-state index in [0.717, 1.165) is 43.1 Å². The summed E-state index contributed by atoms with van der Waals surface area (Å²) in [6, 6.07) is 0.548. The fourth-order valence-corrected chi connectivity index (χ4v) is 3.07. The van der Waals surface area contributed by atoms with E-state index >= 15 is 0 Å². The van der Waals surface area contributed by atoms with Gasteiger partial charge >= 0.3 is 0 Å². The van der Waals surface area contributed by atoms with Crippen LogP contribution in [0.5, 0.6) is 0 Å². The molecule has 3 rings (SSSR count). The van der Waals surface area contributed by atoms with Crippen LogP contribution < -0.4 is 4.90 Å². The monoisotopic (exact) mass is 239 g/mol.